The Morgan fingerprint density at radius 1 is 1.27 bits per heavy atom. The first-order chi connectivity index (χ1) is 10.6. The maximum atomic E-state index is 11.4. The highest BCUT2D eigenvalue weighted by molar-refractivity contribution is 7.71. The Morgan fingerprint density at radius 2 is 2.05 bits per heavy atom. The topological polar surface area (TPSA) is 76.6 Å². The molecule has 0 amide bonds. The first kappa shape index (κ1) is 14.3. The molecule has 0 radical (unpaired) electrons. The van der Waals surface area contributed by atoms with E-state index in [2.05, 4.69) is 5.48 Å². The third kappa shape index (κ3) is 2.26. The number of nitrogens with zero attached hydrogens (tertiary/aromatic N) is 1. The average molecular weight is 316 g/mol. The molecule has 112 valence electrons. The van der Waals surface area contributed by atoms with Crippen LogP contribution in [0.1, 0.15) is 10.4 Å². The van der Waals surface area contributed by atoms with Gasteiger partial charge in [0.1, 0.15) is 5.56 Å². The number of oxazole rings is 1. The van der Waals surface area contributed by atoms with Gasteiger partial charge in [0.25, 0.3) is 4.84 Å². The average Bonchev–Trinajstić information content (AvgIpc) is 2.83. The molecule has 3 aromatic rings. The summed E-state index contributed by atoms with van der Waals surface area (Å²) in [6.45, 7) is 0. The van der Waals surface area contributed by atoms with Crippen LogP contribution < -0.4 is 10.3 Å². The number of hydrogen-bond acceptors (Lipinski definition) is 5. The lowest BCUT2D eigenvalue weighted by atomic mass is 10.1. The van der Waals surface area contributed by atoms with Crippen LogP contribution in [0.5, 0.6) is 5.75 Å². The second kappa shape index (κ2) is 5.63. The Balaban J connectivity index is 2.35. The number of aromatic carboxylic acids is 1. The molecule has 0 atom stereocenters. The second-order valence-corrected chi connectivity index (χ2v) is 4.79. The van der Waals surface area contributed by atoms with E-state index in [0.29, 0.717) is 11.3 Å². The number of hydroxylamine groups is 1. The molecule has 0 aliphatic rings. The lowest BCUT2D eigenvalue weighted by molar-refractivity contribution is 0.0689. The van der Waals surface area contributed by atoms with Gasteiger partial charge in [0.15, 0.2) is 11.3 Å². The fourth-order valence-corrected chi connectivity index (χ4v) is 2.56. The van der Waals surface area contributed by atoms with Crippen LogP contribution in [0.15, 0.2) is 46.9 Å². The lowest BCUT2D eigenvalue weighted by Crippen LogP contribution is -2.16. The summed E-state index contributed by atoms with van der Waals surface area (Å²) in [6, 6.07) is 12.1. The summed E-state index contributed by atoms with van der Waals surface area (Å²) < 4.78 is 7.18. The van der Waals surface area contributed by atoms with Crippen LogP contribution in [0.3, 0.4) is 0 Å². The number of carbonyl (C=O) groups is 1. The van der Waals surface area contributed by atoms with Crippen molar-refractivity contribution in [3.05, 3.63) is 52.9 Å². The summed E-state index contributed by atoms with van der Waals surface area (Å²) in [5.41, 5.74) is 4.37. The Bertz CT molecular complexity index is 913. The number of para-hydroxylation sites is 3. The number of fused-ring (bicyclic) bond motifs is 1. The van der Waals surface area contributed by atoms with Crippen molar-refractivity contribution >= 4 is 29.3 Å². The van der Waals surface area contributed by atoms with E-state index in [4.69, 9.17) is 21.5 Å². The molecule has 3 rings (SSSR count). The van der Waals surface area contributed by atoms with Gasteiger partial charge in [-0.1, -0.05) is 18.2 Å². The van der Waals surface area contributed by atoms with E-state index >= 15 is 0 Å². The number of benzene rings is 2. The molecular weight excluding hydrogens is 304 g/mol. The summed E-state index contributed by atoms with van der Waals surface area (Å²) >= 11 is 5.26. The molecule has 2 N–H and O–H groups in total. The molecule has 0 aliphatic carbocycles. The van der Waals surface area contributed by atoms with Gasteiger partial charge in [-0.25, -0.2) is 4.79 Å². The quantitative estimate of drug-likeness (QED) is 0.569. The molecule has 0 saturated carbocycles. The van der Waals surface area contributed by atoms with E-state index in [0.717, 1.165) is 5.52 Å². The number of hydrogen-bond donors (Lipinski definition) is 2. The molecule has 7 heteroatoms. The van der Waals surface area contributed by atoms with E-state index < -0.39 is 5.97 Å². The zero-order valence-electron chi connectivity index (χ0n) is 11.6. The van der Waals surface area contributed by atoms with Crippen LogP contribution in [-0.2, 0) is 0 Å². The molecule has 0 fully saturated rings. The highest BCUT2D eigenvalue weighted by Gasteiger charge is 2.19. The van der Waals surface area contributed by atoms with Crippen LogP contribution in [0.25, 0.3) is 16.8 Å². The molecular formula is C15H12N2O4S. The van der Waals surface area contributed by atoms with E-state index in [1.807, 2.05) is 18.2 Å². The molecule has 0 saturated heterocycles. The van der Waals surface area contributed by atoms with Crippen molar-refractivity contribution in [2.75, 3.05) is 7.05 Å². The van der Waals surface area contributed by atoms with Gasteiger partial charge in [0.05, 0.1) is 11.2 Å². The van der Waals surface area contributed by atoms with Crippen molar-refractivity contribution in [1.82, 2.24) is 10.0 Å². The standard InChI is InChI=1S/C15H12N2O4S/c1-16-21-13-9(14(18)19)5-4-7-11(13)17-10-6-2-3-8-12(10)20-15(17)22/h2-8,16H,1H3,(H,18,19). The SMILES string of the molecule is CNOc1c(C(=O)O)cccc1-n1c(=S)oc2ccccc21. The minimum Gasteiger partial charge on any atom is -0.478 e. The Kier molecular flexibility index (Phi) is 3.66. The monoisotopic (exact) mass is 316 g/mol. The van der Waals surface area contributed by atoms with Crippen LogP contribution in [0.4, 0.5) is 0 Å². The maximum absolute atomic E-state index is 11.4. The third-order valence-corrected chi connectivity index (χ3v) is 3.42. The van der Waals surface area contributed by atoms with Crippen LogP contribution in [-0.4, -0.2) is 22.7 Å². The minimum atomic E-state index is -1.09. The van der Waals surface area contributed by atoms with Crippen molar-refractivity contribution in [3.63, 3.8) is 0 Å². The van der Waals surface area contributed by atoms with Gasteiger partial charge >= 0.3 is 5.97 Å². The highest BCUT2D eigenvalue weighted by atomic mass is 32.1. The number of aromatic nitrogens is 1. The van der Waals surface area contributed by atoms with Gasteiger partial charge in [0, 0.05) is 7.05 Å². The van der Waals surface area contributed by atoms with Crippen LogP contribution >= 0.6 is 12.2 Å². The molecule has 1 aromatic heterocycles. The molecule has 2 aromatic carbocycles. The molecule has 0 bridgehead atoms. The predicted molar refractivity (Wildman–Crippen MR) is 83.0 cm³/mol. The first-order valence-corrected chi connectivity index (χ1v) is 6.85. The number of carboxylic acid groups (broad SMARTS) is 1. The van der Waals surface area contributed by atoms with Crippen LogP contribution in [0, 0.1) is 4.84 Å². The van der Waals surface area contributed by atoms with Gasteiger partial charge in [-0.2, -0.15) is 5.48 Å². The third-order valence-electron chi connectivity index (χ3n) is 3.16. The molecule has 6 nitrogen and oxygen atoms in total. The lowest BCUT2D eigenvalue weighted by Gasteiger charge is -2.13. The molecule has 0 spiro atoms. The summed E-state index contributed by atoms with van der Waals surface area (Å²) in [5.74, 6) is -0.924. The van der Waals surface area contributed by atoms with Gasteiger partial charge < -0.3 is 14.4 Å². The summed E-state index contributed by atoms with van der Waals surface area (Å²) in [7, 11) is 1.55. The smallest absolute Gasteiger partial charge is 0.339 e. The van der Waals surface area contributed by atoms with Crippen molar-refractivity contribution in [2.24, 2.45) is 0 Å². The van der Waals surface area contributed by atoms with E-state index in [1.165, 1.54) is 6.07 Å². The highest BCUT2D eigenvalue weighted by Crippen LogP contribution is 2.31. The maximum Gasteiger partial charge on any atom is 0.339 e. The van der Waals surface area contributed by atoms with Crippen molar-refractivity contribution in [3.8, 4) is 11.4 Å². The first-order valence-electron chi connectivity index (χ1n) is 6.44. The Hall–Kier alpha value is -2.64. The van der Waals surface area contributed by atoms with Crippen LogP contribution in [0.2, 0.25) is 0 Å². The summed E-state index contributed by atoms with van der Waals surface area (Å²) in [4.78, 5) is 16.9. The Labute approximate surface area is 130 Å². The van der Waals surface area contributed by atoms with Gasteiger partial charge in [-0.15, -0.1) is 0 Å². The van der Waals surface area contributed by atoms with Gasteiger partial charge in [-0.05, 0) is 36.5 Å². The molecule has 0 unspecified atom stereocenters. The molecule has 0 aliphatic heterocycles. The fraction of sp³-hybridized carbons (Fsp3) is 0.0667. The normalized spacial score (nSPS) is 10.8. The predicted octanol–water partition coefficient (Wildman–Crippen LogP) is 3.16. The van der Waals surface area contributed by atoms with E-state index in [9.17, 15) is 9.90 Å². The minimum absolute atomic E-state index is 0.0269. The summed E-state index contributed by atoms with van der Waals surface area (Å²) in [5, 5.41) is 9.33. The Morgan fingerprint density at radius 3 is 2.77 bits per heavy atom. The number of rotatable bonds is 4. The molecule has 22 heavy (non-hydrogen) atoms. The zero-order chi connectivity index (χ0) is 15.7. The van der Waals surface area contributed by atoms with E-state index in [1.54, 1.807) is 29.8 Å². The second-order valence-electron chi connectivity index (χ2n) is 4.44. The number of nitrogens with one attached hydrogen (secondary N) is 1. The fourth-order valence-electron chi connectivity index (χ4n) is 2.27. The van der Waals surface area contributed by atoms with Crippen molar-refractivity contribution in [1.29, 1.82) is 0 Å². The largest absolute Gasteiger partial charge is 0.478 e. The molecule has 1 heterocycles. The number of carboxylic acids is 1. The zero-order valence-corrected chi connectivity index (χ0v) is 12.4. The van der Waals surface area contributed by atoms with Gasteiger partial charge in [0.2, 0.25) is 0 Å². The van der Waals surface area contributed by atoms with Gasteiger partial charge in [-0.3, -0.25) is 4.57 Å². The van der Waals surface area contributed by atoms with Crippen molar-refractivity contribution < 1.29 is 19.2 Å². The van der Waals surface area contributed by atoms with E-state index in [-0.39, 0.29) is 16.2 Å². The summed E-state index contributed by atoms with van der Waals surface area (Å²) in [6.07, 6.45) is 0. The van der Waals surface area contributed by atoms with Crippen molar-refractivity contribution in [2.45, 2.75) is 0 Å².